The van der Waals surface area contributed by atoms with E-state index >= 15 is 0 Å². The molecular weight excluding hydrogens is 292 g/mol. The molecule has 2 unspecified atom stereocenters. The summed E-state index contributed by atoms with van der Waals surface area (Å²) >= 11 is 0. The average Bonchev–Trinajstić information content (AvgIpc) is 3.34. The van der Waals surface area contributed by atoms with Gasteiger partial charge in [-0.3, -0.25) is 0 Å². The molecule has 1 saturated heterocycles. The summed E-state index contributed by atoms with van der Waals surface area (Å²) in [5.74, 6) is 0. The molecule has 1 rings (SSSR count). The lowest BCUT2D eigenvalue weighted by atomic mass is 10.0. The minimum absolute atomic E-state index is 0.638. The third kappa shape index (κ3) is 13.3. The number of epoxide rings is 1. The van der Waals surface area contributed by atoms with Gasteiger partial charge in [-0.2, -0.15) is 0 Å². The Morgan fingerprint density at radius 2 is 0.708 bits per heavy atom. The Morgan fingerprint density at radius 3 is 1.04 bits per heavy atom. The molecule has 0 radical (unpaired) electrons. The number of hydrogen-bond donors (Lipinski definition) is 0. The van der Waals surface area contributed by atoms with E-state index in [0.29, 0.717) is 12.2 Å². The van der Waals surface area contributed by atoms with Crippen molar-refractivity contribution in [2.45, 2.75) is 148 Å². The average molecular weight is 339 g/mol. The molecule has 0 aromatic rings. The lowest BCUT2D eigenvalue weighted by Crippen LogP contribution is -1.94. The maximum atomic E-state index is 5.84. The fourth-order valence-electron chi connectivity index (χ4n) is 3.82. The molecule has 0 N–H and O–H groups in total. The van der Waals surface area contributed by atoms with Crippen molar-refractivity contribution in [3.05, 3.63) is 0 Å². The molecule has 1 aliphatic rings. The summed E-state index contributed by atoms with van der Waals surface area (Å²) < 4.78 is 5.84. The van der Waals surface area contributed by atoms with Crippen molar-refractivity contribution in [1.29, 1.82) is 0 Å². The quantitative estimate of drug-likeness (QED) is 0.171. The van der Waals surface area contributed by atoms with Gasteiger partial charge >= 0.3 is 0 Å². The predicted molar refractivity (Wildman–Crippen MR) is 108 cm³/mol. The largest absolute Gasteiger partial charge is 0.370 e. The van der Waals surface area contributed by atoms with Crippen molar-refractivity contribution in [1.82, 2.24) is 0 Å². The normalized spacial score (nSPS) is 19.8. The Labute approximate surface area is 153 Å². The molecule has 0 aromatic carbocycles. The van der Waals surface area contributed by atoms with E-state index in [9.17, 15) is 0 Å². The van der Waals surface area contributed by atoms with E-state index in [-0.39, 0.29) is 0 Å². The van der Waals surface area contributed by atoms with Gasteiger partial charge in [0.15, 0.2) is 0 Å². The highest BCUT2D eigenvalue weighted by Gasteiger charge is 2.36. The van der Waals surface area contributed by atoms with E-state index in [0.717, 1.165) is 0 Å². The van der Waals surface area contributed by atoms with E-state index < -0.39 is 0 Å². The highest BCUT2D eigenvalue weighted by Crippen LogP contribution is 2.31. The highest BCUT2D eigenvalue weighted by atomic mass is 16.6. The van der Waals surface area contributed by atoms with E-state index in [1.54, 1.807) is 0 Å². The van der Waals surface area contributed by atoms with Gasteiger partial charge in [0, 0.05) is 0 Å². The molecule has 0 saturated carbocycles. The van der Waals surface area contributed by atoms with Gasteiger partial charge in [0.2, 0.25) is 0 Å². The monoisotopic (exact) mass is 338 g/mol. The molecular formula is C23H46O. The van der Waals surface area contributed by atoms with Crippen LogP contribution in [0.5, 0.6) is 0 Å². The Morgan fingerprint density at radius 1 is 0.417 bits per heavy atom. The molecule has 1 nitrogen and oxygen atoms in total. The van der Waals surface area contributed by atoms with Crippen molar-refractivity contribution >= 4 is 0 Å². The molecule has 1 aliphatic heterocycles. The van der Waals surface area contributed by atoms with E-state index in [4.69, 9.17) is 4.74 Å². The molecule has 1 heteroatoms. The summed E-state index contributed by atoms with van der Waals surface area (Å²) in [6.07, 6.45) is 28.2. The van der Waals surface area contributed by atoms with Crippen LogP contribution >= 0.6 is 0 Å². The van der Waals surface area contributed by atoms with Crippen LogP contribution in [0.15, 0.2) is 0 Å². The fourth-order valence-corrected chi connectivity index (χ4v) is 3.82. The minimum Gasteiger partial charge on any atom is -0.370 e. The lowest BCUT2D eigenvalue weighted by molar-refractivity contribution is 0.347. The summed E-state index contributed by atoms with van der Waals surface area (Å²) in [7, 11) is 0. The van der Waals surface area contributed by atoms with Gasteiger partial charge in [0.05, 0.1) is 12.2 Å². The minimum atomic E-state index is 0.638. The van der Waals surface area contributed by atoms with Crippen LogP contribution in [0.4, 0.5) is 0 Å². The SMILES string of the molecule is CCCCCCCCCCCCCC1OC1CCCCCCCC. The molecule has 0 spiro atoms. The van der Waals surface area contributed by atoms with Gasteiger partial charge in [0.1, 0.15) is 0 Å². The van der Waals surface area contributed by atoms with Gasteiger partial charge in [-0.05, 0) is 12.8 Å². The first-order valence-corrected chi connectivity index (χ1v) is 11.5. The first kappa shape index (κ1) is 22.0. The Hall–Kier alpha value is -0.0400. The fraction of sp³-hybridized carbons (Fsp3) is 1.00. The maximum Gasteiger partial charge on any atom is 0.0841 e. The number of rotatable bonds is 19. The maximum absolute atomic E-state index is 5.84. The molecule has 1 heterocycles. The smallest absolute Gasteiger partial charge is 0.0841 e. The van der Waals surface area contributed by atoms with Crippen LogP contribution in [0.3, 0.4) is 0 Å². The van der Waals surface area contributed by atoms with Gasteiger partial charge in [0.25, 0.3) is 0 Å². The Kier molecular flexibility index (Phi) is 15.1. The predicted octanol–water partition coefficient (Wildman–Crippen LogP) is 8.21. The first-order valence-electron chi connectivity index (χ1n) is 11.5. The third-order valence-electron chi connectivity index (χ3n) is 5.62. The zero-order valence-corrected chi connectivity index (χ0v) is 17.0. The zero-order valence-electron chi connectivity index (χ0n) is 17.0. The van der Waals surface area contributed by atoms with Crippen LogP contribution < -0.4 is 0 Å². The summed E-state index contributed by atoms with van der Waals surface area (Å²) in [6.45, 7) is 4.58. The van der Waals surface area contributed by atoms with Crippen molar-refractivity contribution in [2.75, 3.05) is 0 Å². The van der Waals surface area contributed by atoms with Crippen LogP contribution in [-0.2, 0) is 4.74 Å². The molecule has 0 aromatic heterocycles. The summed E-state index contributed by atoms with van der Waals surface area (Å²) in [5.41, 5.74) is 0. The molecule has 144 valence electrons. The van der Waals surface area contributed by atoms with Gasteiger partial charge < -0.3 is 4.74 Å². The van der Waals surface area contributed by atoms with Gasteiger partial charge in [-0.1, -0.05) is 123 Å². The first-order chi connectivity index (χ1) is 11.9. The molecule has 1 fully saturated rings. The molecule has 24 heavy (non-hydrogen) atoms. The van der Waals surface area contributed by atoms with Crippen LogP contribution in [0.25, 0.3) is 0 Å². The standard InChI is InChI=1S/C23H46O/c1-3-5-7-9-11-12-13-14-15-17-19-21-23-22(24-23)20-18-16-10-8-6-4-2/h22-23H,3-21H2,1-2H3. The summed E-state index contributed by atoms with van der Waals surface area (Å²) in [6, 6.07) is 0. The topological polar surface area (TPSA) is 12.5 Å². The van der Waals surface area contributed by atoms with Crippen LogP contribution in [0.1, 0.15) is 136 Å². The van der Waals surface area contributed by atoms with E-state index in [1.165, 1.54) is 122 Å². The summed E-state index contributed by atoms with van der Waals surface area (Å²) in [5, 5.41) is 0. The molecule has 0 aliphatic carbocycles. The van der Waals surface area contributed by atoms with Crippen LogP contribution in [-0.4, -0.2) is 12.2 Å². The zero-order chi connectivity index (χ0) is 17.3. The van der Waals surface area contributed by atoms with Crippen molar-refractivity contribution in [3.63, 3.8) is 0 Å². The highest BCUT2D eigenvalue weighted by molar-refractivity contribution is 4.84. The second-order valence-corrected chi connectivity index (χ2v) is 8.09. The van der Waals surface area contributed by atoms with Gasteiger partial charge in [-0.25, -0.2) is 0 Å². The Bertz CT molecular complexity index is 250. The third-order valence-corrected chi connectivity index (χ3v) is 5.62. The second kappa shape index (κ2) is 16.4. The van der Waals surface area contributed by atoms with Crippen LogP contribution in [0, 0.1) is 0 Å². The van der Waals surface area contributed by atoms with E-state index in [1.807, 2.05) is 0 Å². The van der Waals surface area contributed by atoms with Crippen molar-refractivity contribution in [3.8, 4) is 0 Å². The molecule has 2 atom stereocenters. The molecule has 0 amide bonds. The van der Waals surface area contributed by atoms with Crippen molar-refractivity contribution < 1.29 is 4.74 Å². The number of unbranched alkanes of at least 4 members (excludes halogenated alkanes) is 15. The lowest BCUT2D eigenvalue weighted by Gasteiger charge is -2.02. The van der Waals surface area contributed by atoms with E-state index in [2.05, 4.69) is 13.8 Å². The second-order valence-electron chi connectivity index (χ2n) is 8.09. The number of ether oxygens (including phenoxy) is 1. The number of hydrogen-bond acceptors (Lipinski definition) is 1. The van der Waals surface area contributed by atoms with Crippen LogP contribution in [0.2, 0.25) is 0 Å². The van der Waals surface area contributed by atoms with Crippen molar-refractivity contribution in [2.24, 2.45) is 0 Å². The summed E-state index contributed by atoms with van der Waals surface area (Å²) in [4.78, 5) is 0. The van der Waals surface area contributed by atoms with Gasteiger partial charge in [-0.15, -0.1) is 0 Å². The molecule has 0 bridgehead atoms. The Balaban J connectivity index is 1.71.